The Morgan fingerprint density at radius 2 is 1.81 bits per heavy atom. The van der Waals surface area contributed by atoms with Gasteiger partial charge < -0.3 is 4.57 Å². The first-order valence-corrected chi connectivity index (χ1v) is 5.49. The minimum atomic E-state index is 0.0776. The summed E-state index contributed by atoms with van der Waals surface area (Å²) in [4.78, 5) is 12.0. The van der Waals surface area contributed by atoms with Gasteiger partial charge >= 0.3 is 0 Å². The van der Waals surface area contributed by atoms with Crippen molar-refractivity contribution >= 4 is 0 Å². The molecule has 0 saturated heterocycles. The molecule has 0 aliphatic rings. The van der Waals surface area contributed by atoms with Crippen molar-refractivity contribution in [1.82, 2.24) is 4.57 Å². The summed E-state index contributed by atoms with van der Waals surface area (Å²) in [6.07, 6.45) is 1.82. The molecule has 82 valence electrons. The molecule has 0 N–H and O–H groups in total. The maximum atomic E-state index is 12.0. The van der Waals surface area contributed by atoms with E-state index in [0.29, 0.717) is 6.54 Å². The first-order chi connectivity index (χ1) is 7.72. The summed E-state index contributed by atoms with van der Waals surface area (Å²) >= 11 is 0. The van der Waals surface area contributed by atoms with Gasteiger partial charge in [0.1, 0.15) is 0 Å². The van der Waals surface area contributed by atoms with Gasteiger partial charge in [-0.25, -0.2) is 0 Å². The van der Waals surface area contributed by atoms with E-state index in [2.05, 4.69) is 0 Å². The first-order valence-electron chi connectivity index (χ1n) is 5.49. The zero-order valence-electron chi connectivity index (χ0n) is 9.60. The van der Waals surface area contributed by atoms with Gasteiger partial charge in [0.05, 0.1) is 0 Å². The zero-order valence-corrected chi connectivity index (χ0v) is 9.60. The molecule has 1 aromatic carbocycles. The molecule has 0 radical (unpaired) electrons. The Morgan fingerprint density at radius 3 is 2.44 bits per heavy atom. The van der Waals surface area contributed by atoms with E-state index < -0.39 is 0 Å². The lowest BCUT2D eigenvalue weighted by Crippen LogP contribution is -2.19. The van der Waals surface area contributed by atoms with Crippen LogP contribution in [-0.4, -0.2) is 4.57 Å². The maximum Gasteiger partial charge on any atom is 0.258 e. The van der Waals surface area contributed by atoms with E-state index in [4.69, 9.17) is 0 Å². The van der Waals surface area contributed by atoms with Crippen molar-refractivity contribution < 1.29 is 0 Å². The van der Waals surface area contributed by atoms with Crippen molar-refractivity contribution in [3.63, 3.8) is 0 Å². The predicted octanol–water partition coefficient (Wildman–Crippen LogP) is 2.84. The molecule has 0 unspecified atom stereocenters. The Bertz CT molecular complexity index is 537. The zero-order chi connectivity index (χ0) is 11.5. The minimum absolute atomic E-state index is 0.0776. The number of rotatable bonds is 2. The lowest BCUT2D eigenvalue weighted by Gasteiger charge is -2.05. The van der Waals surface area contributed by atoms with Crippen molar-refractivity contribution in [3.05, 3.63) is 58.5 Å². The largest absolute Gasteiger partial charge is 0.315 e. The molecular formula is C14H15NO. The van der Waals surface area contributed by atoms with Gasteiger partial charge in [0.25, 0.3) is 5.56 Å². The van der Waals surface area contributed by atoms with Crippen LogP contribution in [0.5, 0.6) is 0 Å². The van der Waals surface area contributed by atoms with Gasteiger partial charge in [-0.1, -0.05) is 29.8 Å². The van der Waals surface area contributed by atoms with E-state index in [1.807, 2.05) is 56.4 Å². The summed E-state index contributed by atoms with van der Waals surface area (Å²) in [5.41, 5.74) is 3.03. The molecule has 1 heterocycles. The number of aryl methyl sites for hydroxylation is 2. The summed E-state index contributed by atoms with van der Waals surface area (Å²) in [6, 6.07) is 11.8. The Hall–Kier alpha value is -1.83. The van der Waals surface area contributed by atoms with E-state index in [9.17, 15) is 4.79 Å². The van der Waals surface area contributed by atoms with Crippen LogP contribution in [0.2, 0.25) is 0 Å². The van der Waals surface area contributed by atoms with Crippen molar-refractivity contribution in [3.8, 4) is 11.1 Å². The van der Waals surface area contributed by atoms with Crippen molar-refractivity contribution in [2.24, 2.45) is 0 Å². The molecule has 0 bridgehead atoms. The van der Waals surface area contributed by atoms with Crippen LogP contribution in [0.4, 0.5) is 0 Å². The average molecular weight is 213 g/mol. The third-order valence-corrected chi connectivity index (χ3v) is 2.72. The van der Waals surface area contributed by atoms with Gasteiger partial charge in [-0.05, 0) is 31.5 Å². The molecule has 0 aliphatic heterocycles. The standard InChI is InChI=1S/C14H15NO/c1-3-15-10-4-5-13(14(15)16)12-8-6-11(2)7-9-12/h4-10H,3H2,1-2H3. The molecule has 2 aromatic rings. The second-order valence-corrected chi connectivity index (χ2v) is 3.88. The van der Waals surface area contributed by atoms with Crippen LogP contribution in [0.15, 0.2) is 47.4 Å². The SMILES string of the molecule is CCn1cccc(-c2ccc(C)cc2)c1=O. The minimum Gasteiger partial charge on any atom is -0.315 e. The quantitative estimate of drug-likeness (QED) is 0.751. The third kappa shape index (κ3) is 1.91. The van der Waals surface area contributed by atoms with Gasteiger partial charge in [0.2, 0.25) is 0 Å². The number of hydrogen-bond acceptors (Lipinski definition) is 1. The number of pyridine rings is 1. The van der Waals surface area contributed by atoms with Crippen molar-refractivity contribution in [2.75, 3.05) is 0 Å². The van der Waals surface area contributed by atoms with E-state index in [-0.39, 0.29) is 5.56 Å². The monoisotopic (exact) mass is 213 g/mol. The highest BCUT2D eigenvalue weighted by Gasteiger charge is 2.03. The molecule has 0 amide bonds. The van der Waals surface area contributed by atoms with Crippen molar-refractivity contribution in [2.45, 2.75) is 20.4 Å². The second kappa shape index (κ2) is 4.35. The van der Waals surface area contributed by atoms with Gasteiger partial charge in [-0.15, -0.1) is 0 Å². The Labute approximate surface area is 95.2 Å². The Kier molecular flexibility index (Phi) is 2.91. The summed E-state index contributed by atoms with van der Waals surface area (Å²) in [7, 11) is 0. The first kappa shape index (κ1) is 10.7. The lowest BCUT2D eigenvalue weighted by molar-refractivity contribution is 0.729. The van der Waals surface area contributed by atoms with Crippen LogP contribution in [0.3, 0.4) is 0 Å². The Balaban J connectivity index is 2.56. The molecule has 2 nitrogen and oxygen atoms in total. The summed E-state index contributed by atoms with van der Waals surface area (Å²) < 4.78 is 1.72. The van der Waals surface area contributed by atoms with Crippen LogP contribution in [0.25, 0.3) is 11.1 Å². The van der Waals surface area contributed by atoms with E-state index >= 15 is 0 Å². The summed E-state index contributed by atoms with van der Waals surface area (Å²) in [5, 5.41) is 0. The number of aromatic nitrogens is 1. The van der Waals surface area contributed by atoms with Gasteiger partial charge in [0, 0.05) is 18.3 Å². The number of hydrogen-bond donors (Lipinski definition) is 0. The van der Waals surface area contributed by atoms with Crippen LogP contribution in [0, 0.1) is 6.92 Å². The fraction of sp³-hybridized carbons (Fsp3) is 0.214. The molecule has 1 aromatic heterocycles. The van der Waals surface area contributed by atoms with E-state index in [0.717, 1.165) is 11.1 Å². The Morgan fingerprint density at radius 1 is 1.12 bits per heavy atom. The smallest absolute Gasteiger partial charge is 0.258 e. The molecule has 2 rings (SSSR count). The fourth-order valence-electron chi connectivity index (χ4n) is 1.74. The molecule has 16 heavy (non-hydrogen) atoms. The highest BCUT2D eigenvalue weighted by Crippen LogP contribution is 2.15. The molecule has 2 heteroatoms. The van der Waals surface area contributed by atoms with E-state index in [1.165, 1.54) is 5.56 Å². The molecule has 0 saturated carbocycles. The van der Waals surface area contributed by atoms with Crippen LogP contribution in [-0.2, 0) is 6.54 Å². The number of benzene rings is 1. The second-order valence-electron chi connectivity index (χ2n) is 3.88. The third-order valence-electron chi connectivity index (χ3n) is 2.72. The maximum absolute atomic E-state index is 12.0. The van der Waals surface area contributed by atoms with Crippen LogP contribution >= 0.6 is 0 Å². The number of nitrogens with zero attached hydrogens (tertiary/aromatic N) is 1. The fourth-order valence-corrected chi connectivity index (χ4v) is 1.74. The van der Waals surface area contributed by atoms with Gasteiger partial charge in [-0.2, -0.15) is 0 Å². The van der Waals surface area contributed by atoms with E-state index in [1.54, 1.807) is 4.57 Å². The molecular weight excluding hydrogens is 198 g/mol. The lowest BCUT2D eigenvalue weighted by atomic mass is 10.1. The average Bonchev–Trinajstić information content (AvgIpc) is 2.31. The van der Waals surface area contributed by atoms with Crippen LogP contribution < -0.4 is 5.56 Å². The van der Waals surface area contributed by atoms with Gasteiger partial charge in [0.15, 0.2) is 0 Å². The molecule has 0 fully saturated rings. The molecule has 0 atom stereocenters. The predicted molar refractivity (Wildman–Crippen MR) is 66.5 cm³/mol. The molecule has 0 spiro atoms. The topological polar surface area (TPSA) is 22.0 Å². The summed E-state index contributed by atoms with van der Waals surface area (Å²) in [6.45, 7) is 4.72. The normalized spacial score (nSPS) is 10.4. The summed E-state index contributed by atoms with van der Waals surface area (Å²) in [5.74, 6) is 0. The highest BCUT2D eigenvalue weighted by molar-refractivity contribution is 5.62. The van der Waals surface area contributed by atoms with Crippen molar-refractivity contribution in [1.29, 1.82) is 0 Å². The van der Waals surface area contributed by atoms with Crippen LogP contribution in [0.1, 0.15) is 12.5 Å². The highest BCUT2D eigenvalue weighted by atomic mass is 16.1. The molecule has 0 aliphatic carbocycles. The van der Waals surface area contributed by atoms with Gasteiger partial charge in [-0.3, -0.25) is 4.79 Å².